The zero-order chi connectivity index (χ0) is 21.3. The minimum absolute atomic E-state index is 0.0139. The fourth-order valence-corrected chi connectivity index (χ4v) is 3.24. The molecule has 0 radical (unpaired) electrons. The van der Waals surface area contributed by atoms with Crippen molar-refractivity contribution >= 4 is 40.8 Å². The molecule has 1 aromatic heterocycles. The maximum Gasteiger partial charge on any atom is 0.270 e. The number of carbonyl (C=O) groups is 1. The molecule has 9 heteroatoms. The molecule has 2 heterocycles. The van der Waals surface area contributed by atoms with E-state index in [1.165, 1.54) is 24.3 Å². The number of non-ortho nitro benzene ring substituents is 1. The molecule has 8 nitrogen and oxygen atoms in total. The zero-order valence-corrected chi connectivity index (χ0v) is 15.9. The Morgan fingerprint density at radius 2 is 2.10 bits per heavy atom. The maximum atomic E-state index is 12.2. The second-order valence-electron chi connectivity index (χ2n) is 6.33. The number of carbonyl (C=O) groups excluding carboxylic acids is 1. The molecule has 30 heavy (non-hydrogen) atoms. The van der Waals surface area contributed by atoms with Crippen molar-refractivity contribution in [2.24, 2.45) is 15.9 Å². The van der Waals surface area contributed by atoms with Gasteiger partial charge in [0.2, 0.25) is 0 Å². The average molecular weight is 419 g/mol. The SMILES string of the molecule is N#C/C(=C\c1ccc(-c2ccc([N+](=O)[O-])cc2Cl)o1)C1=NC(=O)C2C=CC=CC2=N1. The number of nitriles is 1. The lowest BCUT2D eigenvalue weighted by molar-refractivity contribution is -0.384. The number of nitrogens with zero attached hydrogens (tertiary/aromatic N) is 4. The Morgan fingerprint density at radius 1 is 1.27 bits per heavy atom. The highest BCUT2D eigenvalue weighted by atomic mass is 35.5. The van der Waals surface area contributed by atoms with Crippen LogP contribution in [-0.2, 0) is 4.79 Å². The number of hydrogen-bond donors (Lipinski definition) is 0. The summed E-state index contributed by atoms with van der Waals surface area (Å²) in [5.74, 6) is -0.230. The predicted octanol–water partition coefficient (Wildman–Crippen LogP) is 4.54. The number of amides is 1. The van der Waals surface area contributed by atoms with E-state index in [9.17, 15) is 20.2 Å². The minimum Gasteiger partial charge on any atom is -0.457 e. The van der Waals surface area contributed by atoms with Crippen LogP contribution < -0.4 is 0 Å². The van der Waals surface area contributed by atoms with Gasteiger partial charge in [0.1, 0.15) is 29.1 Å². The number of hydrogen-bond acceptors (Lipinski definition) is 6. The van der Waals surface area contributed by atoms with Crippen molar-refractivity contribution in [1.29, 1.82) is 5.26 Å². The number of nitro groups is 1. The molecular weight excluding hydrogens is 408 g/mol. The number of furan rings is 1. The summed E-state index contributed by atoms with van der Waals surface area (Å²) < 4.78 is 5.71. The van der Waals surface area contributed by atoms with Gasteiger partial charge < -0.3 is 4.42 Å². The quantitative estimate of drug-likeness (QED) is 0.410. The number of nitro benzene ring substituents is 1. The molecule has 2 aliphatic rings. The molecule has 1 atom stereocenters. The Balaban J connectivity index is 1.65. The van der Waals surface area contributed by atoms with Crippen molar-refractivity contribution in [3.8, 4) is 17.4 Å². The van der Waals surface area contributed by atoms with Crippen LogP contribution in [0.4, 0.5) is 5.69 Å². The first-order valence-corrected chi connectivity index (χ1v) is 9.06. The van der Waals surface area contributed by atoms with Crippen LogP contribution in [0.3, 0.4) is 0 Å². The summed E-state index contributed by atoms with van der Waals surface area (Å²) in [5.41, 5.74) is 0.915. The van der Waals surface area contributed by atoms with Crippen LogP contribution in [0.2, 0.25) is 5.02 Å². The van der Waals surface area contributed by atoms with Gasteiger partial charge in [0.05, 0.1) is 15.7 Å². The third kappa shape index (κ3) is 3.62. The highest BCUT2D eigenvalue weighted by molar-refractivity contribution is 6.33. The molecule has 1 unspecified atom stereocenters. The van der Waals surface area contributed by atoms with E-state index in [0.29, 0.717) is 22.8 Å². The van der Waals surface area contributed by atoms with Gasteiger partial charge in [-0.05, 0) is 24.3 Å². The van der Waals surface area contributed by atoms with Crippen LogP contribution in [0.5, 0.6) is 0 Å². The third-order valence-electron chi connectivity index (χ3n) is 4.42. The van der Waals surface area contributed by atoms with E-state index < -0.39 is 16.7 Å². The van der Waals surface area contributed by atoms with Crippen LogP contribution >= 0.6 is 11.6 Å². The van der Waals surface area contributed by atoms with Crippen molar-refractivity contribution in [2.45, 2.75) is 0 Å². The average Bonchev–Trinajstić information content (AvgIpc) is 3.20. The molecule has 1 aliphatic carbocycles. The monoisotopic (exact) mass is 418 g/mol. The van der Waals surface area contributed by atoms with E-state index in [1.54, 1.807) is 36.4 Å². The summed E-state index contributed by atoms with van der Waals surface area (Å²) in [6.07, 6.45) is 8.32. The van der Waals surface area contributed by atoms with Crippen LogP contribution in [-0.4, -0.2) is 22.4 Å². The Hall–Kier alpha value is -4.09. The Morgan fingerprint density at radius 3 is 2.83 bits per heavy atom. The summed E-state index contributed by atoms with van der Waals surface area (Å²) >= 11 is 6.13. The van der Waals surface area contributed by atoms with Gasteiger partial charge in [-0.2, -0.15) is 10.3 Å². The molecule has 0 saturated carbocycles. The number of halogens is 1. The lowest BCUT2D eigenvalue weighted by Gasteiger charge is -2.17. The van der Waals surface area contributed by atoms with E-state index in [1.807, 2.05) is 6.07 Å². The number of amidine groups is 1. The molecule has 4 rings (SSSR count). The Bertz CT molecular complexity index is 1270. The smallest absolute Gasteiger partial charge is 0.270 e. The summed E-state index contributed by atoms with van der Waals surface area (Å²) in [5, 5.41) is 20.5. The molecule has 1 amide bonds. The van der Waals surface area contributed by atoms with Gasteiger partial charge in [0.15, 0.2) is 5.84 Å². The van der Waals surface area contributed by atoms with Gasteiger partial charge in [-0.25, -0.2) is 4.99 Å². The molecule has 0 saturated heterocycles. The van der Waals surface area contributed by atoms with Crippen molar-refractivity contribution in [3.63, 3.8) is 0 Å². The van der Waals surface area contributed by atoms with Gasteiger partial charge >= 0.3 is 0 Å². The Kier molecular flexibility index (Phi) is 4.96. The van der Waals surface area contributed by atoms with Gasteiger partial charge in [-0.1, -0.05) is 29.8 Å². The van der Waals surface area contributed by atoms with E-state index in [0.717, 1.165) is 0 Å². The van der Waals surface area contributed by atoms with E-state index in [-0.39, 0.29) is 22.1 Å². The molecule has 0 fully saturated rings. The summed E-state index contributed by atoms with van der Waals surface area (Å²) in [6.45, 7) is 0. The van der Waals surface area contributed by atoms with E-state index in [2.05, 4.69) is 9.98 Å². The van der Waals surface area contributed by atoms with Gasteiger partial charge in [-0.15, -0.1) is 0 Å². The first-order valence-electron chi connectivity index (χ1n) is 8.68. The highest BCUT2D eigenvalue weighted by Gasteiger charge is 2.27. The molecule has 0 bridgehead atoms. The summed E-state index contributed by atoms with van der Waals surface area (Å²) in [7, 11) is 0. The number of allylic oxidation sites excluding steroid dienone is 3. The second-order valence-corrected chi connectivity index (χ2v) is 6.73. The maximum absolute atomic E-state index is 12.2. The van der Waals surface area contributed by atoms with Crippen LogP contribution in [0.25, 0.3) is 17.4 Å². The largest absolute Gasteiger partial charge is 0.457 e. The summed E-state index contributed by atoms with van der Waals surface area (Å²) in [6, 6.07) is 9.25. The number of aliphatic imine (C=N–C) groups is 2. The topological polar surface area (TPSA) is 122 Å². The van der Waals surface area contributed by atoms with Gasteiger partial charge in [0, 0.05) is 23.8 Å². The van der Waals surface area contributed by atoms with E-state index >= 15 is 0 Å². The van der Waals surface area contributed by atoms with Gasteiger partial charge in [-0.3, -0.25) is 14.9 Å². The lowest BCUT2D eigenvalue weighted by atomic mass is 9.96. The number of benzene rings is 1. The molecule has 1 aromatic carbocycles. The third-order valence-corrected chi connectivity index (χ3v) is 4.73. The summed E-state index contributed by atoms with van der Waals surface area (Å²) in [4.78, 5) is 30.8. The van der Waals surface area contributed by atoms with Crippen molar-refractivity contribution < 1.29 is 14.1 Å². The Labute approximate surface area is 175 Å². The molecular formula is C21H11ClN4O4. The highest BCUT2D eigenvalue weighted by Crippen LogP contribution is 2.32. The molecule has 0 N–H and O–H groups in total. The van der Waals surface area contributed by atoms with Crippen molar-refractivity contribution in [2.75, 3.05) is 0 Å². The lowest BCUT2D eigenvalue weighted by Crippen LogP contribution is -2.27. The second kappa shape index (κ2) is 7.73. The number of fused-ring (bicyclic) bond motifs is 1. The van der Waals surface area contributed by atoms with Crippen LogP contribution in [0.15, 0.2) is 74.6 Å². The molecule has 1 aliphatic heterocycles. The predicted molar refractivity (Wildman–Crippen MR) is 111 cm³/mol. The van der Waals surface area contributed by atoms with Crippen LogP contribution in [0, 0.1) is 27.4 Å². The molecule has 0 spiro atoms. The van der Waals surface area contributed by atoms with Crippen LogP contribution in [0.1, 0.15) is 5.76 Å². The van der Waals surface area contributed by atoms with Crippen molar-refractivity contribution in [1.82, 2.24) is 0 Å². The first-order chi connectivity index (χ1) is 14.5. The van der Waals surface area contributed by atoms with Crippen molar-refractivity contribution in [3.05, 3.63) is 81.1 Å². The normalized spacial score (nSPS) is 17.8. The first kappa shape index (κ1) is 19.2. The fraction of sp³-hybridized carbons (Fsp3) is 0.0476. The zero-order valence-electron chi connectivity index (χ0n) is 15.2. The standard InChI is InChI=1S/C21H11ClN4O4/c22-17-10-13(26(28)29)5-7-15(17)19-8-6-14(30-19)9-12(11-23)20-24-18-4-2-1-3-16(18)21(27)25-20/h1-10,16H/b12-9+. The minimum atomic E-state index is -0.541. The van der Waals surface area contributed by atoms with Gasteiger partial charge in [0.25, 0.3) is 11.6 Å². The number of rotatable bonds is 4. The molecule has 2 aromatic rings. The molecule has 146 valence electrons. The van der Waals surface area contributed by atoms with E-state index in [4.69, 9.17) is 16.0 Å². The fourth-order valence-electron chi connectivity index (χ4n) is 2.97.